The summed E-state index contributed by atoms with van der Waals surface area (Å²) in [6, 6.07) is 18.7. The molecule has 2 aromatic heterocycles. The molecule has 0 saturated heterocycles. The normalized spacial score (nSPS) is 15.7. The minimum Gasteiger partial charge on any atom is -0.497 e. The van der Waals surface area contributed by atoms with E-state index in [1.165, 1.54) is 22.6 Å². The molecule has 29 heavy (non-hydrogen) atoms. The van der Waals surface area contributed by atoms with Gasteiger partial charge in [-0.2, -0.15) is 0 Å². The predicted molar refractivity (Wildman–Crippen MR) is 118 cm³/mol. The third-order valence-corrected chi connectivity index (χ3v) is 6.65. The fourth-order valence-electron chi connectivity index (χ4n) is 3.99. The van der Waals surface area contributed by atoms with E-state index in [0.29, 0.717) is 23.1 Å². The van der Waals surface area contributed by atoms with E-state index in [-0.39, 0.29) is 5.56 Å². The highest BCUT2D eigenvalue weighted by Crippen LogP contribution is 2.34. The molecule has 0 fully saturated rings. The first-order chi connectivity index (χ1) is 14.1. The van der Waals surface area contributed by atoms with E-state index in [1.54, 1.807) is 7.11 Å². The lowest BCUT2D eigenvalue weighted by Gasteiger charge is -2.24. The van der Waals surface area contributed by atoms with Crippen LogP contribution >= 0.6 is 11.3 Å². The number of fused-ring (bicyclic) bond motifs is 2. The molecular weight excluding hydrogens is 382 g/mol. The van der Waals surface area contributed by atoms with Gasteiger partial charge in [0.05, 0.1) is 19.2 Å². The third-order valence-electron chi connectivity index (χ3n) is 5.48. The van der Waals surface area contributed by atoms with Gasteiger partial charge >= 0.3 is 0 Å². The molecule has 3 heterocycles. The Bertz CT molecular complexity index is 1240. The fourth-order valence-corrected chi connectivity index (χ4v) is 4.99. The monoisotopic (exact) mass is 403 g/mol. The van der Waals surface area contributed by atoms with Crippen molar-refractivity contribution >= 4 is 27.2 Å². The number of aromatic amines is 1. The molecule has 0 spiro atoms. The van der Waals surface area contributed by atoms with Gasteiger partial charge < -0.3 is 14.6 Å². The van der Waals surface area contributed by atoms with E-state index < -0.39 is 0 Å². The molecule has 1 N–H and O–H groups in total. The van der Waals surface area contributed by atoms with Crippen molar-refractivity contribution in [3.63, 3.8) is 0 Å². The van der Waals surface area contributed by atoms with E-state index in [4.69, 9.17) is 9.72 Å². The number of benzene rings is 2. The molecule has 4 aromatic rings. The van der Waals surface area contributed by atoms with E-state index in [2.05, 4.69) is 41.1 Å². The fraction of sp³-hybridized carbons (Fsp3) is 0.217. The van der Waals surface area contributed by atoms with Crippen molar-refractivity contribution < 1.29 is 4.74 Å². The van der Waals surface area contributed by atoms with Crippen LogP contribution in [0.2, 0.25) is 0 Å². The van der Waals surface area contributed by atoms with Gasteiger partial charge in [-0.05, 0) is 60.9 Å². The van der Waals surface area contributed by atoms with Crippen LogP contribution in [-0.2, 0) is 13.0 Å². The van der Waals surface area contributed by atoms with Crippen LogP contribution < -0.4 is 15.2 Å². The highest BCUT2D eigenvalue weighted by atomic mass is 32.1. The number of rotatable bonds is 4. The maximum Gasteiger partial charge on any atom is 0.268 e. The van der Waals surface area contributed by atoms with E-state index in [1.807, 2.05) is 30.3 Å². The molecule has 1 unspecified atom stereocenters. The van der Waals surface area contributed by atoms with Crippen LogP contribution in [0.5, 0.6) is 5.75 Å². The molecule has 2 aromatic carbocycles. The highest BCUT2D eigenvalue weighted by molar-refractivity contribution is 7.22. The zero-order valence-corrected chi connectivity index (χ0v) is 17.1. The number of hydrogen-bond donors (Lipinski definition) is 1. The molecule has 0 saturated carbocycles. The molecule has 0 aliphatic carbocycles. The van der Waals surface area contributed by atoms with Gasteiger partial charge in [0.2, 0.25) is 0 Å². The second-order valence-corrected chi connectivity index (χ2v) is 8.43. The summed E-state index contributed by atoms with van der Waals surface area (Å²) >= 11 is 1.47. The minimum absolute atomic E-state index is 0.0742. The lowest BCUT2D eigenvalue weighted by atomic mass is 10.1. The van der Waals surface area contributed by atoms with Gasteiger partial charge in [0, 0.05) is 16.6 Å². The zero-order chi connectivity index (χ0) is 20.0. The largest absolute Gasteiger partial charge is 0.497 e. The average molecular weight is 404 g/mol. The molecule has 5 nitrogen and oxygen atoms in total. The number of nitrogens with zero attached hydrogens (tertiary/aromatic N) is 2. The smallest absolute Gasteiger partial charge is 0.268 e. The Hall–Kier alpha value is -3.12. The average Bonchev–Trinajstić information content (AvgIpc) is 3.30. The lowest BCUT2D eigenvalue weighted by molar-refractivity contribution is 0.415. The molecule has 6 heteroatoms. The van der Waals surface area contributed by atoms with Gasteiger partial charge in [-0.3, -0.25) is 4.79 Å². The van der Waals surface area contributed by atoms with Crippen molar-refractivity contribution in [1.82, 2.24) is 9.97 Å². The lowest BCUT2D eigenvalue weighted by Crippen LogP contribution is -2.30. The van der Waals surface area contributed by atoms with Crippen molar-refractivity contribution in [2.24, 2.45) is 0 Å². The van der Waals surface area contributed by atoms with Crippen LogP contribution in [0.15, 0.2) is 59.4 Å². The van der Waals surface area contributed by atoms with Crippen LogP contribution in [0, 0.1) is 0 Å². The molecule has 5 rings (SSSR count). The number of methoxy groups -OCH3 is 1. The summed E-state index contributed by atoms with van der Waals surface area (Å²) in [6.45, 7) is 2.81. The van der Waals surface area contributed by atoms with Gasteiger partial charge in [0.25, 0.3) is 5.56 Å². The molecule has 0 radical (unpaired) electrons. The summed E-state index contributed by atoms with van der Waals surface area (Å²) in [7, 11) is 1.65. The first-order valence-corrected chi connectivity index (χ1v) is 10.5. The van der Waals surface area contributed by atoms with Crippen molar-refractivity contribution in [2.45, 2.75) is 25.9 Å². The molecule has 0 bridgehead atoms. The van der Waals surface area contributed by atoms with Crippen LogP contribution in [0.3, 0.4) is 0 Å². The number of H-pyrrole nitrogens is 1. The van der Waals surface area contributed by atoms with Gasteiger partial charge in [0.1, 0.15) is 16.3 Å². The first-order valence-electron chi connectivity index (χ1n) is 9.64. The Kier molecular flexibility index (Phi) is 4.36. The van der Waals surface area contributed by atoms with Crippen LogP contribution in [0.4, 0.5) is 5.69 Å². The van der Waals surface area contributed by atoms with Crippen LogP contribution in [0.1, 0.15) is 18.3 Å². The summed E-state index contributed by atoms with van der Waals surface area (Å²) in [6.07, 6.45) is 1.02. The van der Waals surface area contributed by atoms with E-state index in [9.17, 15) is 4.79 Å². The Morgan fingerprint density at radius 1 is 1.21 bits per heavy atom. The van der Waals surface area contributed by atoms with Gasteiger partial charge in [-0.25, -0.2) is 4.98 Å². The quantitative estimate of drug-likeness (QED) is 0.541. The Morgan fingerprint density at radius 3 is 2.79 bits per heavy atom. The summed E-state index contributed by atoms with van der Waals surface area (Å²) in [5.41, 5.74) is 4.30. The highest BCUT2D eigenvalue weighted by Gasteiger charge is 2.26. The van der Waals surface area contributed by atoms with E-state index in [0.717, 1.165) is 28.1 Å². The van der Waals surface area contributed by atoms with Crippen molar-refractivity contribution in [3.05, 3.63) is 76.3 Å². The standard InChI is InChI=1S/C23H21N3O2S/c1-14-11-16-5-3-4-6-19(16)26(14)13-21-24-18-12-20(29-22(18)23(27)25-21)15-7-9-17(28-2)10-8-15/h3-10,12,14H,11,13H2,1-2H3,(H,24,25,27). The second kappa shape index (κ2) is 7.04. The number of aromatic nitrogens is 2. The van der Waals surface area contributed by atoms with Crippen molar-refractivity contribution in [3.8, 4) is 16.2 Å². The topological polar surface area (TPSA) is 58.2 Å². The predicted octanol–water partition coefficient (Wildman–Crippen LogP) is 4.61. The van der Waals surface area contributed by atoms with Crippen molar-refractivity contribution in [1.29, 1.82) is 0 Å². The van der Waals surface area contributed by atoms with Crippen molar-refractivity contribution in [2.75, 3.05) is 12.0 Å². The molecule has 146 valence electrons. The first kappa shape index (κ1) is 17.9. The summed E-state index contributed by atoms with van der Waals surface area (Å²) in [5.74, 6) is 1.51. The van der Waals surface area contributed by atoms with Crippen LogP contribution in [0.25, 0.3) is 20.7 Å². The molecule has 1 aliphatic rings. The molecular formula is C23H21N3O2S. The Balaban J connectivity index is 1.49. The zero-order valence-electron chi connectivity index (χ0n) is 16.3. The minimum atomic E-state index is -0.0742. The summed E-state index contributed by atoms with van der Waals surface area (Å²) in [5, 5.41) is 0. The maximum absolute atomic E-state index is 12.7. The number of hydrogen-bond acceptors (Lipinski definition) is 5. The van der Waals surface area contributed by atoms with Gasteiger partial charge in [-0.1, -0.05) is 18.2 Å². The third kappa shape index (κ3) is 3.19. The second-order valence-electron chi connectivity index (χ2n) is 7.38. The molecule has 0 amide bonds. The number of nitrogens with one attached hydrogen (secondary N) is 1. The SMILES string of the molecule is COc1ccc(-c2cc3nc(CN4c5ccccc5CC4C)[nH]c(=O)c3s2)cc1. The summed E-state index contributed by atoms with van der Waals surface area (Å²) < 4.78 is 5.89. The van der Waals surface area contributed by atoms with E-state index >= 15 is 0 Å². The summed E-state index contributed by atoms with van der Waals surface area (Å²) in [4.78, 5) is 23.8. The van der Waals surface area contributed by atoms with Gasteiger partial charge in [0.15, 0.2) is 0 Å². The van der Waals surface area contributed by atoms with Gasteiger partial charge in [-0.15, -0.1) is 11.3 Å². The number of thiophene rings is 1. The number of anilines is 1. The number of para-hydroxylation sites is 1. The Morgan fingerprint density at radius 2 is 2.00 bits per heavy atom. The number of ether oxygens (including phenoxy) is 1. The maximum atomic E-state index is 12.7. The molecule has 1 aliphatic heterocycles. The Labute approximate surface area is 172 Å². The van der Waals surface area contributed by atoms with Crippen LogP contribution in [-0.4, -0.2) is 23.1 Å². The molecule has 1 atom stereocenters.